The van der Waals surface area contributed by atoms with Crippen LogP contribution >= 0.6 is 11.6 Å². The second kappa shape index (κ2) is 7.20. The van der Waals surface area contributed by atoms with E-state index in [2.05, 4.69) is 6.92 Å². The molecule has 1 rings (SSSR count). The summed E-state index contributed by atoms with van der Waals surface area (Å²) < 4.78 is 29.3. The quantitative estimate of drug-likeness (QED) is 0.603. The number of carbonyl (C=O) groups excluding carboxylic acids is 1. The highest BCUT2D eigenvalue weighted by Crippen LogP contribution is 2.24. The largest absolute Gasteiger partial charge is 0.460 e. The minimum atomic E-state index is -3.77. The van der Waals surface area contributed by atoms with E-state index in [1.165, 1.54) is 18.2 Å². The molecule has 0 saturated carbocycles. The molecule has 0 N–H and O–H groups in total. The molecule has 22 heavy (non-hydrogen) atoms. The summed E-state index contributed by atoms with van der Waals surface area (Å²) in [5.41, 5.74) is -0.597. The van der Waals surface area contributed by atoms with Crippen LogP contribution in [0.5, 0.6) is 0 Å². The zero-order valence-electron chi connectivity index (χ0n) is 12.9. The van der Waals surface area contributed by atoms with E-state index in [-0.39, 0.29) is 15.7 Å². The van der Waals surface area contributed by atoms with Crippen LogP contribution in [0.15, 0.2) is 45.7 Å². The van der Waals surface area contributed by atoms with Gasteiger partial charge in [0.2, 0.25) is 9.84 Å². The minimum Gasteiger partial charge on any atom is -0.460 e. The fourth-order valence-corrected chi connectivity index (χ4v) is 3.20. The molecular formula is C16H20ClO4S+. The zero-order chi connectivity index (χ0) is 17.0. The van der Waals surface area contributed by atoms with Gasteiger partial charge in [0.05, 0.1) is 18.2 Å². The van der Waals surface area contributed by atoms with Crippen molar-refractivity contribution in [3.05, 3.63) is 47.7 Å². The average molecular weight is 344 g/mol. The Labute approximate surface area is 137 Å². The number of hydrogen-bond acceptors (Lipinski definition) is 4. The molecule has 0 radical (unpaired) electrons. The lowest BCUT2D eigenvalue weighted by atomic mass is 10.1. The smallest absolute Gasteiger partial charge is 0.311 e. The first-order chi connectivity index (χ1) is 10.0. The molecule has 1 aromatic carbocycles. The Hall–Kier alpha value is -1.46. The normalized spacial score (nSPS) is 14.5. The van der Waals surface area contributed by atoms with Crippen LogP contribution in [0, 0.1) is 12.8 Å². The van der Waals surface area contributed by atoms with E-state index in [4.69, 9.17) is 16.3 Å². The average Bonchev–Trinajstić information content (AvgIpc) is 2.36. The second-order valence-corrected chi connectivity index (χ2v) is 8.39. The van der Waals surface area contributed by atoms with E-state index >= 15 is 0 Å². The maximum absolute atomic E-state index is 12.2. The molecular weight excluding hydrogens is 324 g/mol. The van der Waals surface area contributed by atoms with Crippen molar-refractivity contribution >= 4 is 27.4 Å². The summed E-state index contributed by atoms with van der Waals surface area (Å²) in [6.45, 7) is 9.00. The van der Waals surface area contributed by atoms with E-state index in [9.17, 15) is 13.2 Å². The molecule has 0 fully saturated rings. The Balaban J connectivity index is 2.82. The number of esters is 1. The number of carbonyl (C=O) groups is 1. The molecule has 1 unspecified atom stereocenters. The van der Waals surface area contributed by atoms with Gasteiger partial charge in [0.15, 0.2) is 0 Å². The summed E-state index contributed by atoms with van der Waals surface area (Å²) in [6.07, 6.45) is 1.21. The highest BCUT2D eigenvalue weighted by Gasteiger charge is 2.24. The SMILES string of the molecule is [CH2+]C(/C=C(\Cl)S(=O)(=O)c1ccccc1)CC(=O)OC(C)(C)C. The predicted octanol–water partition coefficient (Wildman–Crippen LogP) is 3.72. The Morgan fingerprint density at radius 3 is 2.36 bits per heavy atom. The van der Waals surface area contributed by atoms with Crippen LogP contribution in [0.1, 0.15) is 27.2 Å². The first kappa shape index (κ1) is 18.6. The molecule has 0 heterocycles. The van der Waals surface area contributed by atoms with E-state index in [0.717, 1.165) is 0 Å². The molecule has 0 bridgehead atoms. The van der Waals surface area contributed by atoms with Gasteiger partial charge < -0.3 is 4.74 Å². The van der Waals surface area contributed by atoms with Gasteiger partial charge in [0.25, 0.3) is 0 Å². The van der Waals surface area contributed by atoms with Gasteiger partial charge in [-0.05, 0) is 39.0 Å². The van der Waals surface area contributed by atoms with Crippen molar-refractivity contribution < 1.29 is 17.9 Å². The summed E-state index contributed by atoms with van der Waals surface area (Å²) >= 11 is 5.90. The molecule has 0 aliphatic rings. The van der Waals surface area contributed by atoms with Gasteiger partial charge in [-0.2, -0.15) is 0 Å². The van der Waals surface area contributed by atoms with Crippen molar-refractivity contribution in [1.82, 2.24) is 0 Å². The van der Waals surface area contributed by atoms with Crippen LogP contribution in [0.4, 0.5) is 0 Å². The molecule has 1 aromatic rings. The number of hydrogen-bond donors (Lipinski definition) is 0. The summed E-state index contributed by atoms with van der Waals surface area (Å²) in [6, 6.07) is 7.84. The number of allylic oxidation sites excluding steroid dienone is 1. The van der Waals surface area contributed by atoms with Crippen molar-refractivity contribution in [2.75, 3.05) is 0 Å². The highest BCUT2D eigenvalue weighted by molar-refractivity contribution is 7.96. The summed E-state index contributed by atoms with van der Waals surface area (Å²) in [5.74, 6) is -1.05. The highest BCUT2D eigenvalue weighted by atomic mass is 35.5. The van der Waals surface area contributed by atoms with Gasteiger partial charge in [-0.15, -0.1) is 0 Å². The van der Waals surface area contributed by atoms with Gasteiger partial charge in [-0.25, -0.2) is 8.42 Å². The molecule has 0 aliphatic heterocycles. The summed E-state index contributed by atoms with van der Waals surface area (Å²) in [4.78, 5) is 11.8. The van der Waals surface area contributed by atoms with Crippen LogP contribution in [0.3, 0.4) is 0 Å². The van der Waals surface area contributed by atoms with Crippen molar-refractivity contribution in [2.24, 2.45) is 5.92 Å². The van der Waals surface area contributed by atoms with Crippen molar-refractivity contribution in [3.8, 4) is 0 Å². The topological polar surface area (TPSA) is 60.4 Å². The van der Waals surface area contributed by atoms with Crippen LogP contribution in [-0.2, 0) is 19.4 Å². The van der Waals surface area contributed by atoms with E-state index in [0.29, 0.717) is 0 Å². The molecule has 0 amide bonds. The Bertz CT molecular complexity index is 642. The lowest BCUT2D eigenvalue weighted by molar-refractivity contribution is -0.155. The Morgan fingerprint density at radius 1 is 1.32 bits per heavy atom. The first-order valence-electron chi connectivity index (χ1n) is 6.75. The van der Waals surface area contributed by atoms with Gasteiger partial charge >= 0.3 is 5.97 Å². The third kappa shape index (κ3) is 5.73. The van der Waals surface area contributed by atoms with Crippen LogP contribution in [-0.4, -0.2) is 20.0 Å². The van der Waals surface area contributed by atoms with Crippen LogP contribution < -0.4 is 0 Å². The third-order valence-corrected chi connectivity index (χ3v) is 4.80. The van der Waals surface area contributed by atoms with Crippen molar-refractivity contribution in [2.45, 2.75) is 37.7 Å². The van der Waals surface area contributed by atoms with Gasteiger partial charge in [-0.1, -0.05) is 29.8 Å². The summed E-state index contributed by atoms with van der Waals surface area (Å²) in [7, 11) is -3.77. The van der Waals surface area contributed by atoms with Crippen LogP contribution in [0.2, 0.25) is 0 Å². The fourth-order valence-electron chi connectivity index (χ4n) is 1.64. The second-order valence-electron chi connectivity index (χ2n) is 5.84. The number of halogens is 1. The molecule has 0 aromatic heterocycles. The van der Waals surface area contributed by atoms with Gasteiger partial charge in [0, 0.05) is 0 Å². The minimum absolute atomic E-state index is 0.0438. The molecule has 0 spiro atoms. The van der Waals surface area contributed by atoms with Crippen molar-refractivity contribution in [1.29, 1.82) is 0 Å². The van der Waals surface area contributed by atoms with Gasteiger partial charge in [0.1, 0.15) is 15.9 Å². The maximum Gasteiger partial charge on any atom is 0.311 e. The standard InChI is InChI=1S/C16H20ClO4S/c1-12(11-15(18)21-16(2,3)4)10-14(17)22(19,20)13-8-6-5-7-9-13/h5-10,12H,1,11H2,2-4H3/q+1/b14-10+. The monoisotopic (exact) mass is 343 g/mol. The molecule has 120 valence electrons. The first-order valence-corrected chi connectivity index (χ1v) is 8.61. The number of benzene rings is 1. The van der Waals surface area contributed by atoms with E-state index < -0.39 is 27.3 Å². The molecule has 1 atom stereocenters. The van der Waals surface area contributed by atoms with E-state index in [1.54, 1.807) is 39.0 Å². The number of ether oxygens (including phenoxy) is 1. The molecule has 4 nitrogen and oxygen atoms in total. The number of sulfone groups is 1. The maximum atomic E-state index is 12.2. The van der Waals surface area contributed by atoms with Gasteiger partial charge in [-0.3, -0.25) is 4.79 Å². The molecule has 0 aliphatic carbocycles. The Kier molecular flexibility index (Phi) is 6.08. The fraction of sp³-hybridized carbons (Fsp3) is 0.375. The predicted molar refractivity (Wildman–Crippen MR) is 86.9 cm³/mol. The lowest BCUT2D eigenvalue weighted by Crippen LogP contribution is -2.24. The number of rotatable bonds is 5. The molecule has 6 heteroatoms. The zero-order valence-corrected chi connectivity index (χ0v) is 14.4. The third-order valence-electron chi connectivity index (χ3n) is 2.53. The lowest BCUT2D eigenvalue weighted by Gasteiger charge is -2.19. The molecule has 0 saturated heterocycles. The van der Waals surface area contributed by atoms with Crippen LogP contribution in [0.25, 0.3) is 0 Å². The van der Waals surface area contributed by atoms with E-state index in [1.807, 2.05) is 0 Å². The Morgan fingerprint density at radius 2 is 1.86 bits per heavy atom. The van der Waals surface area contributed by atoms with Crippen molar-refractivity contribution in [3.63, 3.8) is 0 Å². The summed E-state index contributed by atoms with van der Waals surface area (Å²) in [5, 5.41) is 0.